The molecule has 0 aliphatic carbocycles. The maximum Gasteiger partial charge on any atom is 0.471 e. The molecule has 0 fully saturated rings. The highest BCUT2D eigenvalue weighted by Gasteiger charge is 2.38. The number of anilines is 1. The highest BCUT2D eigenvalue weighted by Crippen LogP contribution is 2.53. The Kier molecular flexibility index (Phi) is 6.22. The molecule has 21 heavy (non-hydrogen) atoms. The van der Waals surface area contributed by atoms with Gasteiger partial charge in [-0.05, 0) is 24.6 Å². The van der Waals surface area contributed by atoms with Gasteiger partial charge in [0.1, 0.15) is 0 Å². The molecule has 10 heteroatoms. The van der Waals surface area contributed by atoms with Gasteiger partial charge in [-0.25, -0.2) is 4.57 Å². The number of carbonyl (C=O) groups is 1. The fourth-order valence-electron chi connectivity index (χ4n) is 1.23. The van der Waals surface area contributed by atoms with Crippen LogP contribution in [0.15, 0.2) is 24.3 Å². The lowest BCUT2D eigenvalue weighted by Crippen LogP contribution is -2.29. The van der Waals surface area contributed by atoms with Crippen LogP contribution in [0.5, 0.6) is 0 Å². The number of carbonyl (C=O) groups excluding carboxylic acids is 1. The second-order valence-corrected chi connectivity index (χ2v) is 6.39. The van der Waals surface area contributed by atoms with Crippen LogP contribution in [0.4, 0.5) is 18.9 Å². The van der Waals surface area contributed by atoms with E-state index in [1.54, 1.807) is 12.2 Å². The largest absolute Gasteiger partial charge is 0.471 e. The zero-order valence-corrected chi connectivity index (χ0v) is 12.5. The molecule has 118 valence electrons. The Bertz CT molecular complexity index is 535. The van der Waals surface area contributed by atoms with Crippen LogP contribution in [0, 0.1) is 0 Å². The molecule has 1 amide bonds. The second kappa shape index (κ2) is 7.26. The molecule has 5 nitrogen and oxygen atoms in total. The summed E-state index contributed by atoms with van der Waals surface area (Å²) in [5.41, 5.74) is 0.473. The van der Waals surface area contributed by atoms with E-state index in [4.69, 9.17) is 15.8 Å². The summed E-state index contributed by atoms with van der Waals surface area (Å²) in [6.45, 7) is -2.10. The van der Waals surface area contributed by atoms with Gasteiger partial charge in [0.2, 0.25) is 0 Å². The molecule has 0 heterocycles. The van der Waals surface area contributed by atoms with Crippen molar-refractivity contribution in [2.45, 2.75) is 19.7 Å². The molecule has 0 aromatic heterocycles. The first-order valence-electron chi connectivity index (χ1n) is 5.70. The lowest BCUT2D eigenvalue weighted by Gasteiger charge is -2.11. The fourth-order valence-corrected chi connectivity index (χ4v) is 2.35. The molecule has 1 aromatic carbocycles. The Labute approximate surface area is 123 Å². The summed E-state index contributed by atoms with van der Waals surface area (Å²) in [7, 11) is 0. The van der Waals surface area contributed by atoms with Gasteiger partial charge in [-0.1, -0.05) is 12.1 Å². The van der Waals surface area contributed by atoms with Gasteiger partial charge < -0.3 is 5.32 Å². The molecule has 0 aliphatic heterocycles. The zero-order chi connectivity index (χ0) is 16.1. The highest BCUT2D eigenvalue weighted by atomic mass is 35.7. The van der Waals surface area contributed by atoms with Crippen molar-refractivity contribution in [3.05, 3.63) is 29.8 Å². The van der Waals surface area contributed by atoms with Gasteiger partial charge in [-0.2, -0.15) is 13.2 Å². The standard InChI is InChI=1S/C11H12ClF3NO4P/c1-2-19-21(12,18)20-7-8-3-5-9(6-4-8)16-10(17)11(13,14)15/h3-6H,2,7H2,1H3,(H,16,17). The van der Waals surface area contributed by atoms with E-state index in [1.807, 2.05) is 0 Å². The van der Waals surface area contributed by atoms with Crippen molar-refractivity contribution in [1.82, 2.24) is 0 Å². The van der Waals surface area contributed by atoms with Gasteiger partial charge in [0, 0.05) is 16.9 Å². The molecular formula is C11H12ClF3NO4P. The molecular weight excluding hydrogens is 334 g/mol. The lowest BCUT2D eigenvalue weighted by atomic mass is 10.2. The number of hydrogen-bond donors (Lipinski definition) is 1. The van der Waals surface area contributed by atoms with Crippen molar-refractivity contribution in [1.29, 1.82) is 0 Å². The third kappa shape index (κ3) is 6.48. The van der Waals surface area contributed by atoms with E-state index in [2.05, 4.69) is 4.52 Å². The van der Waals surface area contributed by atoms with Crippen molar-refractivity contribution >= 4 is 29.8 Å². The van der Waals surface area contributed by atoms with Crippen molar-refractivity contribution in [3.8, 4) is 0 Å². The Morgan fingerprint density at radius 1 is 1.29 bits per heavy atom. The molecule has 0 saturated heterocycles. The van der Waals surface area contributed by atoms with Crippen LogP contribution in [0.1, 0.15) is 12.5 Å². The molecule has 1 atom stereocenters. The third-order valence-electron chi connectivity index (χ3n) is 2.14. The first-order chi connectivity index (χ1) is 9.64. The number of amides is 1. The van der Waals surface area contributed by atoms with E-state index >= 15 is 0 Å². The molecule has 0 aliphatic rings. The number of halogens is 4. The average molecular weight is 346 g/mol. The third-order valence-corrected chi connectivity index (χ3v) is 3.73. The van der Waals surface area contributed by atoms with Gasteiger partial charge in [-0.3, -0.25) is 13.8 Å². The maximum atomic E-state index is 12.0. The molecule has 1 unspecified atom stereocenters. The monoisotopic (exact) mass is 345 g/mol. The average Bonchev–Trinajstić information content (AvgIpc) is 2.37. The van der Waals surface area contributed by atoms with Gasteiger partial charge in [0.05, 0.1) is 13.2 Å². The van der Waals surface area contributed by atoms with Crippen molar-refractivity contribution in [2.24, 2.45) is 0 Å². The van der Waals surface area contributed by atoms with Crippen LogP contribution in [0.2, 0.25) is 0 Å². The number of alkyl halides is 3. The van der Waals surface area contributed by atoms with Crippen molar-refractivity contribution in [3.63, 3.8) is 0 Å². The maximum absolute atomic E-state index is 12.0. The Morgan fingerprint density at radius 3 is 2.33 bits per heavy atom. The predicted octanol–water partition coefficient (Wildman–Crippen LogP) is 4.09. The van der Waals surface area contributed by atoms with Crippen LogP contribution < -0.4 is 5.32 Å². The van der Waals surface area contributed by atoms with Crippen molar-refractivity contribution in [2.75, 3.05) is 11.9 Å². The fraction of sp³-hybridized carbons (Fsp3) is 0.364. The quantitative estimate of drug-likeness (QED) is 0.789. The summed E-state index contributed by atoms with van der Waals surface area (Å²) in [5.74, 6) is -2.06. The topological polar surface area (TPSA) is 64.6 Å². The van der Waals surface area contributed by atoms with Gasteiger partial charge in [0.15, 0.2) is 0 Å². The van der Waals surface area contributed by atoms with Gasteiger partial charge in [-0.15, -0.1) is 0 Å². The molecule has 1 aromatic rings. The van der Waals surface area contributed by atoms with Crippen LogP contribution >= 0.6 is 18.2 Å². The van der Waals surface area contributed by atoms with Crippen LogP contribution in [0.3, 0.4) is 0 Å². The second-order valence-electron chi connectivity index (χ2n) is 3.77. The minimum Gasteiger partial charge on any atom is -0.318 e. The number of rotatable bonds is 6. The highest BCUT2D eigenvalue weighted by molar-refractivity contribution is 7.81. The van der Waals surface area contributed by atoms with E-state index in [9.17, 15) is 22.5 Å². The predicted molar refractivity (Wildman–Crippen MR) is 71.0 cm³/mol. The lowest BCUT2D eigenvalue weighted by molar-refractivity contribution is -0.167. The minimum atomic E-state index is -4.95. The van der Waals surface area contributed by atoms with E-state index in [0.717, 1.165) is 0 Å². The molecule has 0 saturated carbocycles. The summed E-state index contributed by atoms with van der Waals surface area (Å²) >= 11 is 5.47. The number of benzene rings is 1. The van der Waals surface area contributed by atoms with Gasteiger partial charge in [0.25, 0.3) is 0 Å². The minimum absolute atomic E-state index is 0.0278. The first-order valence-corrected chi connectivity index (χ1v) is 8.14. The van der Waals surface area contributed by atoms with E-state index in [0.29, 0.717) is 5.56 Å². The van der Waals surface area contributed by atoms with Crippen LogP contribution in [-0.4, -0.2) is 18.7 Å². The SMILES string of the molecule is CCOP(=O)(Cl)OCc1ccc(NC(=O)C(F)(F)F)cc1. The molecule has 0 radical (unpaired) electrons. The van der Waals surface area contributed by atoms with E-state index in [-0.39, 0.29) is 18.9 Å². The summed E-state index contributed by atoms with van der Waals surface area (Å²) in [6.07, 6.45) is -4.95. The Balaban J connectivity index is 2.59. The molecule has 0 spiro atoms. The summed E-state index contributed by atoms with van der Waals surface area (Å²) in [6, 6.07) is 5.30. The molecule has 1 rings (SSSR count). The smallest absolute Gasteiger partial charge is 0.318 e. The van der Waals surface area contributed by atoms with Crippen molar-refractivity contribution < 1.29 is 31.6 Å². The van der Waals surface area contributed by atoms with E-state index in [1.165, 1.54) is 24.3 Å². The summed E-state index contributed by atoms with van der Waals surface area (Å²) < 4.78 is 57.1. The first kappa shape index (κ1) is 18.0. The Hall–Kier alpha value is -1.08. The Morgan fingerprint density at radius 2 is 1.86 bits per heavy atom. The normalized spacial score (nSPS) is 14.5. The van der Waals surface area contributed by atoms with Crippen LogP contribution in [0.25, 0.3) is 0 Å². The summed E-state index contributed by atoms with van der Waals surface area (Å²) in [4.78, 5) is 10.7. The molecule has 0 bridgehead atoms. The number of hydrogen-bond acceptors (Lipinski definition) is 4. The summed E-state index contributed by atoms with van der Waals surface area (Å²) in [5, 5.41) is 1.69. The zero-order valence-electron chi connectivity index (χ0n) is 10.8. The van der Waals surface area contributed by atoms with Gasteiger partial charge >= 0.3 is 19.0 Å². The molecule has 1 N–H and O–H groups in total. The van der Waals surface area contributed by atoms with E-state index < -0.39 is 19.0 Å². The van der Waals surface area contributed by atoms with Crippen LogP contribution in [-0.2, 0) is 25.0 Å². The number of nitrogens with one attached hydrogen (secondary N) is 1.